The van der Waals surface area contributed by atoms with Crippen molar-refractivity contribution >= 4 is 29.7 Å². The number of amides is 3. The van der Waals surface area contributed by atoms with Gasteiger partial charge in [-0.1, -0.05) is 6.07 Å². The second-order valence-corrected chi connectivity index (χ2v) is 12.3. The molecule has 240 valence electrons. The number of carboxylic acids is 1. The third kappa shape index (κ3) is 5.86. The van der Waals surface area contributed by atoms with Crippen molar-refractivity contribution in [2.75, 3.05) is 39.8 Å². The Morgan fingerprint density at radius 3 is 2.80 bits per heavy atom. The SMILES string of the molecule is CCN(CCNC(=O)[C@H](CCCCN)NC(=O)CC(=O)O)C(=O)Oc1ccc2c3c1O[C@H]1C(=O)CC[C@H]4[C@@H](C2)N(C)CC[C@]314. The fourth-order valence-corrected chi connectivity index (χ4v) is 7.71. The lowest BCUT2D eigenvalue weighted by molar-refractivity contribution is -0.142. The average molecular weight is 614 g/mol. The molecule has 0 unspecified atom stereocenters. The number of likely N-dealkylation sites (N-methyl/N-ethyl adjacent to an activating group) is 2. The van der Waals surface area contributed by atoms with Crippen molar-refractivity contribution in [1.82, 2.24) is 20.4 Å². The van der Waals surface area contributed by atoms with Gasteiger partial charge in [-0.3, -0.25) is 19.2 Å². The number of hydrogen-bond donors (Lipinski definition) is 4. The zero-order valence-electron chi connectivity index (χ0n) is 25.4. The molecule has 1 saturated heterocycles. The minimum atomic E-state index is -1.29. The maximum atomic E-state index is 13.3. The molecule has 13 nitrogen and oxygen atoms in total. The quantitative estimate of drug-likeness (QED) is 0.185. The lowest BCUT2D eigenvalue weighted by atomic mass is 9.52. The van der Waals surface area contributed by atoms with Crippen LogP contribution in [0.3, 0.4) is 0 Å². The number of carboxylic acid groups (broad SMARTS) is 1. The Morgan fingerprint density at radius 1 is 1.27 bits per heavy atom. The van der Waals surface area contributed by atoms with Crippen LogP contribution >= 0.6 is 0 Å². The minimum absolute atomic E-state index is 0.0911. The number of ketones is 1. The molecule has 0 radical (unpaired) electrons. The van der Waals surface area contributed by atoms with Crippen LogP contribution < -0.4 is 25.8 Å². The van der Waals surface area contributed by atoms with E-state index in [4.69, 9.17) is 20.3 Å². The molecule has 1 aromatic carbocycles. The lowest BCUT2D eigenvalue weighted by Gasteiger charge is -2.57. The van der Waals surface area contributed by atoms with Gasteiger partial charge in [0.05, 0.1) is 0 Å². The number of aliphatic carboxylic acids is 1. The van der Waals surface area contributed by atoms with Gasteiger partial charge in [0.2, 0.25) is 11.8 Å². The van der Waals surface area contributed by atoms with Gasteiger partial charge in [0, 0.05) is 43.1 Å². The van der Waals surface area contributed by atoms with Crippen molar-refractivity contribution < 1.29 is 38.6 Å². The molecule has 3 amide bonds. The van der Waals surface area contributed by atoms with Crippen LogP contribution in [0.15, 0.2) is 12.1 Å². The van der Waals surface area contributed by atoms with E-state index in [0.29, 0.717) is 62.2 Å². The number of Topliss-reactive ketones (excluding diaryl/α,β-unsaturated/α-hetero) is 1. The first-order chi connectivity index (χ1) is 21.1. The van der Waals surface area contributed by atoms with Crippen LogP contribution in [0.4, 0.5) is 4.79 Å². The Morgan fingerprint density at radius 2 is 2.07 bits per heavy atom. The van der Waals surface area contributed by atoms with Crippen LogP contribution in [-0.2, 0) is 31.0 Å². The summed E-state index contributed by atoms with van der Waals surface area (Å²) in [4.78, 5) is 66.0. The third-order valence-electron chi connectivity index (χ3n) is 9.80. The number of ether oxygens (including phenoxy) is 2. The van der Waals surface area contributed by atoms with Gasteiger partial charge in [-0.25, -0.2) is 4.79 Å². The summed E-state index contributed by atoms with van der Waals surface area (Å²) in [5, 5.41) is 14.1. The van der Waals surface area contributed by atoms with Crippen molar-refractivity contribution in [1.29, 1.82) is 0 Å². The molecule has 5 atom stereocenters. The summed E-state index contributed by atoms with van der Waals surface area (Å²) in [5.41, 5.74) is 7.35. The van der Waals surface area contributed by atoms with Gasteiger partial charge >= 0.3 is 12.1 Å². The monoisotopic (exact) mass is 613 g/mol. The van der Waals surface area contributed by atoms with Crippen molar-refractivity contribution in [3.63, 3.8) is 0 Å². The van der Waals surface area contributed by atoms with Crippen LogP contribution in [0.25, 0.3) is 0 Å². The molecule has 2 aliphatic carbocycles. The van der Waals surface area contributed by atoms with E-state index in [0.717, 1.165) is 36.9 Å². The first kappa shape index (κ1) is 31.7. The third-order valence-corrected chi connectivity index (χ3v) is 9.80. The van der Waals surface area contributed by atoms with Gasteiger partial charge in [-0.2, -0.15) is 0 Å². The van der Waals surface area contributed by atoms with Crippen LogP contribution in [0.1, 0.15) is 63.0 Å². The van der Waals surface area contributed by atoms with Crippen molar-refractivity contribution in [2.24, 2.45) is 11.7 Å². The summed E-state index contributed by atoms with van der Waals surface area (Å²) in [5.74, 6) is -1.30. The second kappa shape index (κ2) is 13.1. The molecule has 5 rings (SSSR count). The van der Waals surface area contributed by atoms with E-state index in [9.17, 15) is 24.0 Å². The molecule has 4 aliphatic rings. The molecule has 5 N–H and O–H groups in total. The highest BCUT2D eigenvalue weighted by molar-refractivity contribution is 5.96. The summed E-state index contributed by atoms with van der Waals surface area (Å²) in [6, 6.07) is 3.19. The first-order valence-corrected chi connectivity index (χ1v) is 15.6. The highest BCUT2D eigenvalue weighted by Gasteiger charge is 2.65. The van der Waals surface area contributed by atoms with E-state index >= 15 is 0 Å². The molecule has 1 saturated carbocycles. The molecule has 0 aromatic heterocycles. The minimum Gasteiger partial charge on any atom is -0.481 e. The second-order valence-electron chi connectivity index (χ2n) is 12.3. The lowest BCUT2D eigenvalue weighted by Crippen LogP contribution is -2.65. The molecule has 1 spiro atoms. The van der Waals surface area contributed by atoms with Gasteiger partial charge in [0.25, 0.3) is 0 Å². The number of nitrogens with two attached hydrogens (primary N) is 1. The van der Waals surface area contributed by atoms with E-state index in [1.165, 1.54) is 4.90 Å². The van der Waals surface area contributed by atoms with Crippen molar-refractivity contribution in [2.45, 2.75) is 81.9 Å². The molecule has 13 heteroatoms. The van der Waals surface area contributed by atoms with Crippen molar-refractivity contribution in [3.8, 4) is 11.5 Å². The van der Waals surface area contributed by atoms with Gasteiger partial charge in [-0.15, -0.1) is 0 Å². The van der Waals surface area contributed by atoms with Gasteiger partial charge in [0.15, 0.2) is 23.4 Å². The summed E-state index contributed by atoms with van der Waals surface area (Å²) in [6.07, 6.45) is 2.65. The number of hydrogen-bond acceptors (Lipinski definition) is 9. The number of carbonyl (C=O) groups is 5. The van der Waals surface area contributed by atoms with E-state index in [1.54, 1.807) is 13.0 Å². The Bertz CT molecular complexity index is 1320. The number of nitrogens with zero attached hydrogens (tertiary/aromatic N) is 2. The summed E-state index contributed by atoms with van der Waals surface area (Å²) in [7, 11) is 2.15. The van der Waals surface area contributed by atoms with Crippen LogP contribution in [0.5, 0.6) is 11.5 Å². The van der Waals surface area contributed by atoms with E-state index in [-0.39, 0.29) is 24.3 Å². The van der Waals surface area contributed by atoms with Gasteiger partial charge < -0.3 is 40.7 Å². The van der Waals surface area contributed by atoms with Crippen LogP contribution in [0.2, 0.25) is 0 Å². The Kier molecular flexibility index (Phi) is 9.45. The number of nitrogens with one attached hydrogen (secondary N) is 2. The smallest absolute Gasteiger partial charge is 0.415 e. The number of rotatable bonds is 13. The zero-order chi connectivity index (χ0) is 31.6. The summed E-state index contributed by atoms with van der Waals surface area (Å²) in [6.45, 7) is 3.65. The van der Waals surface area contributed by atoms with E-state index in [1.807, 2.05) is 6.07 Å². The normalized spacial score (nSPS) is 25.3. The molecular weight excluding hydrogens is 570 g/mol. The topological polar surface area (TPSA) is 181 Å². The Balaban J connectivity index is 1.24. The highest BCUT2D eigenvalue weighted by atomic mass is 16.6. The van der Waals surface area contributed by atoms with Crippen LogP contribution in [-0.4, -0.2) is 103 Å². The molecule has 2 bridgehead atoms. The molecule has 2 fully saturated rings. The first-order valence-electron chi connectivity index (χ1n) is 15.6. The largest absolute Gasteiger partial charge is 0.481 e. The number of unbranched alkanes of at least 4 members (excludes halogenated alkanes) is 1. The fraction of sp³-hybridized carbons (Fsp3) is 0.645. The Hall–Kier alpha value is -3.71. The maximum absolute atomic E-state index is 13.3. The van der Waals surface area contributed by atoms with Crippen LogP contribution in [0, 0.1) is 5.92 Å². The summed E-state index contributed by atoms with van der Waals surface area (Å²) < 4.78 is 12.3. The predicted octanol–water partition coefficient (Wildman–Crippen LogP) is 0.950. The summed E-state index contributed by atoms with van der Waals surface area (Å²) >= 11 is 0. The highest BCUT2D eigenvalue weighted by Crippen LogP contribution is 2.63. The maximum Gasteiger partial charge on any atom is 0.415 e. The average Bonchev–Trinajstić information content (AvgIpc) is 3.34. The molecular formula is C31H43N5O8. The zero-order valence-corrected chi connectivity index (χ0v) is 25.4. The number of likely N-dealkylation sites (tertiary alicyclic amines) is 1. The van der Waals surface area contributed by atoms with E-state index in [2.05, 4.69) is 22.6 Å². The number of benzene rings is 1. The van der Waals surface area contributed by atoms with Gasteiger partial charge in [0.1, 0.15) is 12.5 Å². The fourth-order valence-electron chi connectivity index (χ4n) is 7.71. The number of carbonyl (C=O) groups excluding carboxylic acids is 4. The molecule has 44 heavy (non-hydrogen) atoms. The van der Waals surface area contributed by atoms with E-state index < -0.39 is 42.4 Å². The van der Waals surface area contributed by atoms with Crippen molar-refractivity contribution in [3.05, 3.63) is 23.3 Å². The molecule has 2 aliphatic heterocycles. The molecule has 1 aromatic rings. The predicted molar refractivity (Wildman–Crippen MR) is 158 cm³/mol. The standard InChI is InChI=1S/C31H43N5O8/c1-3-36(15-13-33-29(41)20(6-4-5-12-32)34-24(38)17-25(39)40)30(42)43-23-10-7-18-16-21-19-8-9-22(37)28-31(19,11-14-35(21)2)26(18)27(23)44-28/h7,10,19-21,28H,3-6,8-9,11-17,32H2,1-2H3,(H,33,41)(H,34,38)(H,39,40)/t19-,20-,21+,28-,31-/m0/s1. The number of piperidine rings is 1. The van der Waals surface area contributed by atoms with Gasteiger partial charge in [-0.05, 0) is 83.1 Å². The molecule has 2 heterocycles. The Labute approximate surface area is 256 Å².